The van der Waals surface area contributed by atoms with Gasteiger partial charge in [0.25, 0.3) is 0 Å². The number of nitrogens with zero attached hydrogens (tertiary/aromatic N) is 2. The molecular weight excluding hydrogens is 224 g/mol. The van der Waals surface area contributed by atoms with E-state index in [2.05, 4.69) is 10.3 Å². The number of imidazole rings is 1. The first-order chi connectivity index (χ1) is 7.75. The molecule has 1 aliphatic heterocycles. The van der Waals surface area contributed by atoms with E-state index in [9.17, 15) is 0 Å². The van der Waals surface area contributed by atoms with Gasteiger partial charge in [-0.15, -0.1) is 0 Å². The first-order valence-electron chi connectivity index (χ1n) is 5.38. The molecule has 0 aliphatic carbocycles. The van der Waals surface area contributed by atoms with Gasteiger partial charge in [-0.2, -0.15) is 0 Å². The Labute approximate surface area is 98.4 Å². The lowest BCUT2D eigenvalue weighted by molar-refractivity contribution is 0.341. The average molecular weight is 237 g/mol. The molecule has 0 atom stereocenters. The van der Waals surface area contributed by atoms with Gasteiger partial charge in [-0.05, 0) is 31.1 Å². The predicted octanol–water partition coefficient (Wildman–Crippen LogP) is 1.33. The zero-order valence-corrected chi connectivity index (χ0v) is 9.54. The van der Waals surface area contributed by atoms with Crippen molar-refractivity contribution in [2.24, 2.45) is 5.92 Å². The van der Waals surface area contributed by atoms with Crippen molar-refractivity contribution in [2.45, 2.75) is 6.42 Å². The molecule has 1 aliphatic rings. The lowest BCUT2D eigenvalue weighted by Gasteiger charge is -2.26. The molecule has 16 heavy (non-hydrogen) atoms. The van der Waals surface area contributed by atoms with Crippen LogP contribution in [0.5, 0.6) is 0 Å². The van der Waals surface area contributed by atoms with Crippen molar-refractivity contribution in [3.05, 3.63) is 29.2 Å². The molecule has 3 N–H and O–H groups in total. The van der Waals surface area contributed by atoms with E-state index >= 15 is 0 Å². The van der Waals surface area contributed by atoms with Crippen LogP contribution in [0.25, 0.3) is 5.52 Å². The number of rotatable bonds is 2. The Kier molecular flexibility index (Phi) is 2.26. The molecule has 3 heterocycles. The molecule has 0 bridgehead atoms. The number of nitrogens with one attached hydrogen (secondary N) is 1. The predicted molar refractivity (Wildman–Crippen MR) is 64.7 cm³/mol. The number of nitrogens with two attached hydrogens (primary N) is 1. The maximum Gasteiger partial charge on any atom is 0.155 e. The second-order valence-electron chi connectivity index (χ2n) is 4.22. The van der Waals surface area contributed by atoms with E-state index in [-0.39, 0.29) is 0 Å². The molecule has 3 rings (SSSR count). The van der Waals surface area contributed by atoms with Crippen molar-refractivity contribution in [1.29, 1.82) is 0 Å². The molecule has 2 aromatic rings. The molecule has 0 saturated carbocycles. The number of fused-ring (bicyclic) bond motifs is 1. The highest BCUT2D eigenvalue weighted by Gasteiger charge is 2.21. The quantitative estimate of drug-likeness (QED) is 0.827. The normalized spacial score (nSPS) is 16.6. The number of halogens is 1. The second kappa shape index (κ2) is 3.64. The van der Waals surface area contributed by atoms with Crippen molar-refractivity contribution in [3.63, 3.8) is 0 Å². The summed E-state index contributed by atoms with van der Waals surface area (Å²) in [6.07, 6.45) is 0.926. The van der Waals surface area contributed by atoms with Crippen LogP contribution in [-0.2, 0) is 6.42 Å². The first kappa shape index (κ1) is 9.93. The number of aromatic nitrogens is 2. The maximum atomic E-state index is 6.09. The molecule has 0 amide bonds. The highest BCUT2D eigenvalue weighted by molar-refractivity contribution is 6.32. The summed E-state index contributed by atoms with van der Waals surface area (Å²) in [6.45, 7) is 2.11. The van der Waals surface area contributed by atoms with Crippen LogP contribution in [0, 0.1) is 5.92 Å². The van der Waals surface area contributed by atoms with Gasteiger partial charge in [0.1, 0.15) is 11.6 Å². The fourth-order valence-corrected chi connectivity index (χ4v) is 2.33. The van der Waals surface area contributed by atoms with E-state index in [1.165, 1.54) is 0 Å². The van der Waals surface area contributed by atoms with Crippen LogP contribution in [0.15, 0.2) is 18.2 Å². The second-order valence-corrected chi connectivity index (χ2v) is 4.58. The number of pyridine rings is 1. The summed E-state index contributed by atoms with van der Waals surface area (Å²) in [6, 6.07) is 5.70. The van der Waals surface area contributed by atoms with Crippen LogP contribution >= 0.6 is 11.6 Å². The standard InChI is InChI=1S/C11H13ClN4/c12-11-8-2-1-3-9(13)16(8)10(15-11)4-7-5-14-6-7/h1-3,7,14H,4-6,13H2. The van der Waals surface area contributed by atoms with Crippen molar-refractivity contribution >= 4 is 22.9 Å². The number of anilines is 1. The fraction of sp³-hybridized carbons (Fsp3) is 0.364. The molecule has 84 valence electrons. The van der Waals surface area contributed by atoms with E-state index in [1.54, 1.807) is 0 Å². The molecule has 0 unspecified atom stereocenters. The van der Waals surface area contributed by atoms with Gasteiger partial charge < -0.3 is 11.1 Å². The van der Waals surface area contributed by atoms with E-state index in [1.807, 2.05) is 22.6 Å². The van der Waals surface area contributed by atoms with Gasteiger partial charge in [-0.25, -0.2) is 4.98 Å². The summed E-state index contributed by atoms with van der Waals surface area (Å²) in [5, 5.41) is 3.79. The van der Waals surface area contributed by atoms with Crippen LogP contribution in [0.4, 0.5) is 5.82 Å². The summed E-state index contributed by atoms with van der Waals surface area (Å²) in [7, 11) is 0. The van der Waals surface area contributed by atoms with Gasteiger partial charge in [-0.1, -0.05) is 17.7 Å². The third-order valence-electron chi connectivity index (χ3n) is 3.05. The minimum atomic E-state index is 0.537. The lowest BCUT2D eigenvalue weighted by atomic mass is 9.99. The molecule has 2 aromatic heterocycles. The summed E-state index contributed by atoms with van der Waals surface area (Å²) in [5.74, 6) is 2.31. The highest BCUT2D eigenvalue weighted by Crippen LogP contribution is 2.23. The van der Waals surface area contributed by atoms with Crippen LogP contribution in [0.1, 0.15) is 5.82 Å². The van der Waals surface area contributed by atoms with E-state index < -0.39 is 0 Å². The van der Waals surface area contributed by atoms with Gasteiger partial charge in [0, 0.05) is 6.42 Å². The number of hydrogen-bond acceptors (Lipinski definition) is 3. The van der Waals surface area contributed by atoms with Crippen molar-refractivity contribution in [2.75, 3.05) is 18.8 Å². The smallest absolute Gasteiger partial charge is 0.155 e. The topological polar surface area (TPSA) is 55.3 Å². The lowest BCUT2D eigenvalue weighted by Crippen LogP contribution is -2.43. The SMILES string of the molecule is Nc1cccc2c(Cl)nc(CC3CNC3)n12. The molecule has 0 radical (unpaired) electrons. The fourth-order valence-electron chi connectivity index (χ4n) is 2.08. The molecular formula is C11H13ClN4. The number of hydrogen-bond donors (Lipinski definition) is 2. The van der Waals surface area contributed by atoms with Crippen LogP contribution < -0.4 is 11.1 Å². The van der Waals surface area contributed by atoms with E-state index in [0.717, 1.165) is 30.9 Å². The Morgan fingerprint density at radius 1 is 1.50 bits per heavy atom. The maximum absolute atomic E-state index is 6.09. The minimum absolute atomic E-state index is 0.537. The van der Waals surface area contributed by atoms with Crippen molar-refractivity contribution < 1.29 is 0 Å². The Morgan fingerprint density at radius 2 is 2.31 bits per heavy atom. The van der Waals surface area contributed by atoms with Gasteiger partial charge in [-0.3, -0.25) is 4.40 Å². The summed E-state index contributed by atoms with van der Waals surface area (Å²) in [4.78, 5) is 4.39. The first-order valence-corrected chi connectivity index (χ1v) is 5.75. The Morgan fingerprint density at radius 3 is 3.00 bits per heavy atom. The Hall–Kier alpha value is -1.26. The van der Waals surface area contributed by atoms with Crippen LogP contribution in [-0.4, -0.2) is 22.5 Å². The van der Waals surface area contributed by atoms with Crippen molar-refractivity contribution in [1.82, 2.24) is 14.7 Å². The van der Waals surface area contributed by atoms with Crippen LogP contribution in [0.2, 0.25) is 5.15 Å². The van der Waals surface area contributed by atoms with Gasteiger partial charge in [0.2, 0.25) is 0 Å². The van der Waals surface area contributed by atoms with Gasteiger partial charge in [0.15, 0.2) is 5.15 Å². The Balaban J connectivity index is 2.09. The third-order valence-corrected chi connectivity index (χ3v) is 3.33. The molecule has 4 nitrogen and oxygen atoms in total. The number of nitrogen functional groups attached to an aromatic ring is 1. The summed E-state index contributed by atoms with van der Waals surface area (Å²) in [5.41, 5.74) is 6.85. The van der Waals surface area contributed by atoms with Gasteiger partial charge in [0.05, 0.1) is 5.52 Å². The monoisotopic (exact) mass is 236 g/mol. The van der Waals surface area contributed by atoms with Gasteiger partial charge >= 0.3 is 0 Å². The largest absolute Gasteiger partial charge is 0.385 e. The zero-order chi connectivity index (χ0) is 11.1. The molecule has 1 saturated heterocycles. The summed E-state index contributed by atoms with van der Waals surface area (Å²) >= 11 is 6.09. The van der Waals surface area contributed by atoms with Crippen LogP contribution in [0.3, 0.4) is 0 Å². The van der Waals surface area contributed by atoms with E-state index in [4.69, 9.17) is 17.3 Å². The van der Waals surface area contributed by atoms with E-state index in [0.29, 0.717) is 16.9 Å². The molecule has 0 spiro atoms. The molecule has 0 aromatic carbocycles. The van der Waals surface area contributed by atoms with Crippen molar-refractivity contribution in [3.8, 4) is 0 Å². The third kappa shape index (κ3) is 1.45. The molecule has 1 fully saturated rings. The Bertz CT molecular complexity index is 530. The summed E-state index contributed by atoms with van der Waals surface area (Å²) < 4.78 is 1.95. The average Bonchev–Trinajstić information content (AvgIpc) is 2.52. The zero-order valence-electron chi connectivity index (χ0n) is 8.78. The highest BCUT2D eigenvalue weighted by atomic mass is 35.5. The minimum Gasteiger partial charge on any atom is -0.385 e. The molecule has 5 heteroatoms.